The highest BCUT2D eigenvalue weighted by molar-refractivity contribution is 9.10. The lowest BCUT2D eigenvalue weighted by atomic mass is 10.1. The first-order chi connectivity index (χ1) is 14.6. The van der Waals surface area contributed by atoms with Gasteiger partial charge in [0.2, 0.25) is 0 Å². The quantitative estimate of drug-likeness (QED) is 0.399. The maximum absolute atomic E-state index is 15.0. The van der Waals surface area contributed by atoms with Gasteiger partial charge in [0.25, 0.3) is 0 Å². The van der Waals surface area contributed by atoms with Gasteiger partial charge in [-0.25, -0.2) is 19.2 Å². The molecule has 2 saturated heterocycles. The Labute approximate surface area is 195 Å². The van der Waals surface area contributed by atoms with Crippen LogP contribution in [0.1, 0.15) is 46.1 Å². The smallest absolute Gasteiger partial charge is 0.410 e. The molecule has 2 aliphatic rings. The summed E-state index contributed by atoms with van der Waals surface area (Å²) in [6.45, 7) is 10.9. The molecule has 0 unspecified atom stereocenters. The molecule has 9 heteroatoms. The number of hydrogen-bond acceptors (Lipinski definition) is 6. The standard InChI is InChI=1S/C22H28BrFN4O2S/c1-6-31-20-25-18-16(12(2)9-15(23)17(18)24)19(26-20)27-10-13-7-8-14(11-27)28(13)21(29)30-22(3,4)5/h9,13-14H,6-8,10-11H2,1-5H3/t13-,14+. The second kappa shape index (κ2) is 8.39. The van der Waals surface area contributed by atoms with Crippen LogP contribution in [0.25, 0.3) is 10.9 Å². The van der Waals surface area contributed by atoms with Crippen LogP contribution >= 0.6 is 27.7 Å². The molecule has 1 aromatic carbocycles. The van der Waals surface area contributed by atoms with Crippen LogP contribution in [0.3, 0.4) is 0 Å². The number of rotatable bonds is 3. The minimum absolute atomic E-state index is 0.0569. The maximum atomic E-state index is 15.0. The topological polar surface area (TPSA) is 58.6 Å². The third kappa shape index (κ3) is 4.35. The Hall–Kier alpha value is -1.61. The number of ether oxygens (including phenoxy) is 1. The van der Waals surface area contributed by atoms with Crippen LogP contribution in [-0.2, 0) is 4.74 Å². The largest absolute Gasteiger partial charge is 0.444 e. The van der Waals surface area contributed by atoms with E-state index in [0.717, 1.165) is 35.4 Å². The number of aryl methyl sites for hydroxylation is 1. The van der Waals surface area contributed by atoms with Crippen molar-refractivity contribution in [3.05, 3.63) is 21.9 Å². The van der Waals surface area contributed by atoms with Crippen molar-refractivity contribution in [3.8, 4) is 0 Å². The first-order valence-corrected chi connectivity index (χ1v) is 12.4. The fraction of sp³-hybridized carbons (Fsp3) is 0.591. The molecule has 4 rings (SSSR count). The van der Waals surface area contributed by atoms with Crippen molar-refractivity contribution in [1.82, 2.24) is 14.9 Å². The van der Waals surface area contributed by atoms with Crippen LogP contribution in [0.2, 0.25) is 0 Å². The molecule has 2 atom stereocenters. The Morgan fingerprint density at radius 3 is 2.52 bits per heavy atom. The highest BCUT2D eigenvalue weighted by Crippen LogP contribution is 2.38. The Morgan fingerprint density at radius 1 is 1.29 bits per heavy atom. The lowest BCUT2D eigenvalue weighted by Gasteiger charge is -2.42. The second-order valence-corrected chi connectivity index (χ2v) is 11.2. The second-order valence-electron chi connectivity index (χ2n) is 9.15. The Balaban J connectivity index is 1.72. The summed E-state index contributed by atoms with van der Waals surface area (Å²) in [5.74, 6) is 1.19. The molecule has 31 heavy (non-hydrogen) atoms. The number of carbonyl (C=O) groups excluding carboxylic acids is 1. The van der Waals surface area contributed by atoms with E-state index < -0.39 is 5.60 Å². The zero-order chi connectivity index (χ0) is 22.5. The zero-order valence-corrected chi connectivity index (χ0v) is 20.9. The highest BCUT2D eigenvalue weighted by atomic mass is 79.9. The number of benzene rings is 1. The van der Waals surface area contributed by atoms with Gasteiger partial charge < -0.3 is 9.64 Å². The van der Waals surface area contributed by atoms with E-state index in [4.69, 9.17) is 9.72 Å². The van der Waals surface area contributed by atoms with E-state index in [9.17, 15) is 4.79 Å². The molecule has 0 saturated carbocycles. The fourth-order valence-corrected chi connectivity index (χ4v) is 5.60. The molecular weight excluding hydrogens is 483 g/mol. The Morgan fingerprint density at radius 2 is 1.94 bits per heavy atom. The number of hydrogen-bond donors (Lipinski definition) is 0. The van der Waals surface area contributed by atoms with Crippen molar-refractivity contribution < 1.29 is 13.9 Å². The van der Waals surface area contributed by atoms with Gasteiger partial charge in [-0.2, -0.15) is 0 Å². The molecule has 0 spiro atoms. The predicted octanol–water partition coefficient (Wildman–Crippen LogP) is 5.54. The van der Waals surface area contributed by atoms with Gasteiger partial charge in [-0.05, 0) is 73.8 Å². The van der Waals surface area contributed by atoms with Gasteiger partial charge in [0.05, 0.1) is 16.6 Å². The number of nitrogens with zero attached hydrogens (tertiary/aromatic N) is 4. The molecule has 0 radical (unpaired) electrons. The SMILES string of the molecule is CCSc1nc(N2C[C@H]3CC[C@@H](C2)N3C(=O)OC(C)(C)C)c2c(C)cc(Br)c(F)c2n1. The minimum Gasteiger partial charge on any atom is -0.444 e. The molecule has 0 aliphatic carbocycles. The number of anilines is 1. The van der Waals surface area contributed by atoms with Gasteiger partial charge >= 0.3 is 6.09 Å². The van der Waals surface area contributed by atoms with Gasteiger partial charge in [0.15, 0.2) is 11.0 Å². The summed E-state index contributed by atoms with van der Waals surface area (Å²) < 4.78 is 21.1. The van der Waals surface area contributed by atoms with Crippen molar-refractivity contribution in [2.75, 3.05) is 23.7 Å². The number of amides is 1. The van der Waals surface area contributed by atoms with Gasteiger partial charge in [0, 0.05) is 18.5 Å². The molecule has 6 nitrogen and oxygen atoms in total. The van der Waals surface area contributed by atoms with Crippen molar-refractivity contribution in [3.63, 3.8) is 0 Å². The molecule has 0 N–H and O–H groups in total. The number of halogens is 2. The number of piperazine rings is 1. The summed E-state index contributed by atoms with van der Waals surface area (Å²) in [6.07, 6.45) is 1.61. The van der Waals surface area contributed by atoms with Gasteiger partial charge in [0.1, 0.15) is 16.9 Å². The zero-order valence-electron chi connectivity index (χ0n) is 18.5. The van der Waals surface area contributed by atoms with Gasteiger partial charge in [-0.3, -0.25) is 4.90 Å². The summed E-state index contributed by atoms with van der Waals surface area (Å²) in [7, 11) is 0. The van der Waals surface area contributed by atoms with E-state index in [-0.39, 0.29) is 24.0 Å². The monoisotopic (exact) mass is 510 g/mol. The van der Waals surface area contributed by atoms with Crippen molar-refractivity contribution >= 4 is 50.5 Å². The van der Waals surface area contributed by atoms with E-state index >= 15 is 4.39 Å². The molecule has 168 valence electrons. The number of aromatic nitrogens is 2. The molecular formula is C22H28BrFN4O2S. The van der Waals surface area contributed by atoms with E-state index in [2.05, 4.69) is 25.8 Å². The molecule has 2 fully saturated rings. The number of thioether (sulfide) groups is 1. The van der Waals surface area contributed by atoms with Crippen LogP contribution in [0, 0.1) is 12.7 Å². The van der Waals surface area contributed by atoms with Crippen molar-refractivity contribution in [2.45, 2.75) is 70.3 Å². The van der Waals surface area contributed by atoms with Crippen molar-refractivity contribution in [1.29, 1.82) is 0 Å². The molecule has 3 heterocycles. The summed E-state index contributed by atoms with van der Waals surface area (Å²) in [4.78, 5) is 26.3. The van der Waals surface area contributed by atoms with E-state index in [0.29, 0.717) is 28.2 Å². The van der Waals surface area contributed by atoms with Crippen LogP contribution in [0.5, 0.6) is 0 Å². The summed E-state index contributed by atoms with van der Waals surface area (Å²) in [5.41, 5.74) is 0.744. The van der Waals surface area contributed by atoms with Crippen molar-refractivity contribution in [2.24, 2.45) is 0 Å². The number of carbonyl (C=O) groups is 1. The first-order valence-electron chi connectivity index (χ1n) is 10.6. The van der Waals surface area contributed by atoms with E-state index in [1.165, 1.54) is 11.8 Å². The van der Waals surface area contributed by atoms with Crippen LogP contribution < -0.4 is 4.90 Å². The molecule has 2 bridgehead atoms. The Bertz CT molecular complexity index is 1010. The normalized spacial score (nSPS) is 21.1. The third-order valence-corrected chi connectivity index (χ3v) is 6.99. The molecule has 1 aromatic heterocycles. The fourth-order valence-electron chi connectivity index (χ4n) is 4.50. The first kappa shape index (κ1) is 22.6. The maximum Gasteiger partial charge on any atom is 0.410 e. The van der Waals surface area contributed by atoms with E-state index in [1.54, 1.807) is 6.07 Å². The minimum atomic E-state index is -0.523. The van der Waals surface area contributed by atoms with E-state index in [1.807, 2.05) is 39.5 Å². The van der Waals surface area contributed by atoms with Crippen LogP contribution in [0.15, 0.2) is 15.7 Å². The summed E-state index contributed by atoms with van der Waals surface area (Å²) in [5, 5.41) is 1.31. The Kier molecular flexibility index (Phi) is 6.11. The summed E-state index contributed by atoms with van der Waals surface area (Å²) >= 11 is 4.82. The molecule has 2 aliphatic heterocycles. The number of fused-ring (bicyclic) bond motifs is 3. The highest BCUT2D eigenvalue weighted by Gasteiger charge is 2.45. The molecule has 1 amide bonds. The van der Waals surface area contributed by atoms with Crippen LogP contribution in [-0.4, -0.2) is 57.5 Å². The molecule has 2 aromatic rings. The third-order valence-electron chi connectivity index (χ3n) is 5.68. The van der Waals surface area contributed by atoms with Gasteiger partial charge in [-0.15, -0.1) is 0 Å². The lowest BCUT2D eigenvalue weighted by Crippen LogP contribution is -2.57. The van der Waals surface area contributed by atoms with Gasteiger partial charge in [-0.1, -0.05) is 18.7 Å². The summed E-state index contributed by atoms with van der Waals surface area (Å²) in [6, 6.07) is 1.89. The lowest BCUT2D eigenvalue weighted by molar-refractivity contribution is 0.0123. The average Bonchev–Trinajstić information content (AvgIpc) is 2.94. The average molecular weight is 511 g/mol. The van der Waals surface area contributed by atoms with Crippen LogP contribution in [0.4, 0.5) is 15.0 Å². The predicted molar refractivity (Wildman–Crippen MR) is 125 cm³/mol.